The van der Waals surface area contributed by atoms with Crippen LogP contribution < -0.4 is 4.74 Å². The Bertz CT molecular complexity index is 706. The van der Waals surface area contributed by atoms with E-state index in [-0.39, 0.29) is 5.91 Å². The number of carbonyl (C=O) groups is 1. The molecule has 3 rings (SSSR count). The van der Waals surface area contributed by atoms with Crippen LogP contribution in [0, 0.1) is 11.8 Å². The number of methoxy groups -OCH3 is 1. The van der Waals surface area contributed by atoms with Crippen LogP contribution in [0.4, 0.5) is 0 Å². The van der Waals surface area contributed by atoms with Crippen LogP contribution in [0.2, 0.25) is 0 Å². The zero-order chi connectivity index (χ0) is 17.8. The number of H-pyrrole nitrogens is 1. The van der Waals surface area contributed by atoms with Crippen molar-refractivity contribution < 1.29 is 9.53 Å². The monoisotopic (exact) mass is 360 g/mol. The van der Waals surface area contributed by atoms with Crippen molar-refractivity contribution in [3.63, 3.8) is 0 Å². The average molecular weight is 360 g/mol. The molecule has 1 amide bonds. The molecule has 1 aromatic heterocycles. The first-order chi connectivity index (χ1) is 12.0. The highest BCUT2D eigenvalue weighted by Crippen LogP contribution is 2.24. The van der Waals surface area contributed by atoms with Crippen LogP contribution in [-0.2, 0) is 4.79 Å². The molecule has 2 aromatic rings. The summed E-state index contributed by atoms with van der Waals surface area (Å²) in [5.41, 5.74) is 0.935. The predicted molar refractivity (Wildman–Crippen MR) is 98.6 cm³/mol. The van der Waals surface area contributed by atoms with Gasteiger partial charge in [0.15, 0.2) is 5.82 Å². The quantitative estimate of drug-likeness (QED) is 0.830. The molecule has 1 aromatic carbocycles. The number of ether oxygens (including phenoxy) is 1. The lowest BCUT2D eigenvalue weighted by molar-refractivity contribution is -0.130. The first kappa shape index (κ1) is 17.8. The predicted octanol–water partition coefficient (Wildman–Crippen LogP) is 3.08. The van der Waals surface area contributed by atoms with E-state index in [2.05, 4.69) is 29.0 Å². The Kier molecular flexibility index (Phi) is 5.63. The molecule has 7 heteroatoms. The molecule has 1 aliphatic heterocycles. The van der Waals surface area contributed by atoms with Gasteiger partial charge in [-0.1, -0.05) is 25.6 Å². The fourth-order valence-corrected chi connectivity index (χ4v) is 3.97. The van der Waals surface area contributed by atoms with Crippen molar-refractivity contribution in [2.75, 3.05) is 26.0 Å². The van der Waals surface area contributed by atoms with Gasteiger partial charge in [-0.3, -0.25) is 9.89 Å². The van der Waals surface area contributed by atoms with Crippen molar-refractivity contribution >= 4 is 17.7 Å². The molecule has 2 heterocycles. The first-order valence-electron chi connectivity index (χ1n) is 8.52. The Hall–Kier alpha value is -2.02. The summed E-state index contributed by atoms with van der Waals surface area (Å²) in [6.45, 7) is 6.13. The number of thioether (sulfide) groups is 1. The summed E-state index contributed by atoms with van der Waals surface area (Å²) in [4.78, 5) is 18.9. The Morgan fingerprint density at radius 2 is 1.96 bits per heavy atom. The van der Waals surface area contributed by atoms with Gasteiger partial charge in [-0.2, -0.15) is 0 Å². The van der Waals surface area contributed by atoms with Crippen molar-refractivity contribution in [2.45, 2.75) is 25.4 Å². The molecule has 1 saturated heterocycles. The number of rotatable bonds is 5. The first-order valence-corrected chi connectivity index (χ1v) is 9.51. The molecular weight excluding hydrogens is 336 g/mol. The average Bonchev–Trinajstić information content (AvgIpc) is 3.08. The van der Waals surface area contributed by atoms with Crippen LogP contribution in [0.25, 0.3) is 11.4 Å². The minimum Gasteiger partial charge on any atom is -0.497 e. The molecule has 0 unspecified atom stereocenters. The van der Waals surface area contributed by atoms with Gasteiger partial charge in [0, 0.05) is 18.7 Å². The third-order valence-electron chi connectivity index (χ3n) is 4.37. The summed E-state index contributed by atoms with van der Waals surface area (Å²) in [5.74, 6) is 3.18. The minimum atomic E-state index is 0.166. The number of carbonyl (C=O) groups excluding carboxylic acids is 1. The summed E-state index contributed by atoms with van der Waals surface area (Å²) >= 11 is 1.38. The molecule has 134 valence electrons. The van der Waals surface area contributed by atoms with Gasteiger partial charge in [0.1, 0.15) is 5.75 Å². The van der Waals surface area contributed by atoms with E-state index in [0.29, 0.717) is 28.6 Å². The molecule has 1 N–H and O–H groups in total. The topological polar surface area (TPSA) is 71.1 Å². The van der Waals surface area contributed by atoms with E-state index in [1.54, 1.807) is 7.11 Å². The summed E-state index contributed by atoms with van der Waals surface area (Å²) in [5, 5.41) is 7.73. The molecule has 0 aliphatic carbocycles. The lowest BCUT2D eigenvalue weighted by Gasteiger charge is -2.34. The third-order valence-corrected chi connectivity index (χ3v) is 5.21. The minimum absolute atomic E-state index is 0.166. The normalized spacial score (nSPS) is 20.5. The second kappa shape index (κ2) is 7.91. The number of nitrogens with zero attached hydrogens (tertiary/aromatic N) is 3. The maximum absolute atomic E-state index is 12.4. The van der Waals surface area contributed by atoms with Gasteiger partial charge in [-0.15, -0.1) is 5.10 Å². The fraction of sp³-hybridized carbons (Fsp3) is 0.500. The molecule has 0 spiro atoms. The summed E-state index contributed by atoms with van der Waals surface area (Å²) in [6.07, 6.45) is 1.20. The van der Waals surface area contributed by atoms with Gasteiger partial charge in [0.05, 0.1) is 12.9 Å². The number of likely N-dealkylation sites (tertiary alicyclic amines) is 1. The van der Waals surface area contributed by atoms with Crippen molar-refractivity contribution in [3.05, 3.63) is 24.3 Å². The molecular formula is C18H24N4O2S. The smallest absolute Gasteiger partial charge is 0.233 e. The molecule has 25 heavy (non-hydrogen) atoms. The lowest BCUT2D eigenvalue weighted by atomic mass is 9.92. The van der Waals surface area contributed by atoms with Crippen molar-refractivity contribution in [1.82, 2.24) is 20.1 Å². The van der Waals surface area contributed by atoms with Gasteiger partial charge < -0.3 is 9.64 Å². The van der Waals surface area contributed by atoms with E-state index in [9.17, 15) is 4.79 Å². The SMILES string of the molecule is COc1ccc(-c2nc(SCC(=O)N3C[C@H](C)C[C@H](C)C3)n[nH]2)cc1. The van der Waals surface area contributed by atoms with E-state index in [1.807, 2.05) is 29.2 Å². The van der Waals surface area contributed by atoms with E-state index in [0.717, 1.165) is 24.4 Å². The van der Waals surface area contributed by atoms with Crippen LogP contribution in [0.3, 0.4) is 0 Å². The Balaban J connectivity index is 1.57. The zero-order valence-corrected chi connectivity index (χ0v) is 15.7. The number of hydrogen-bond donors (Lipinski definition) is 1. The maximum atomic E-state index is 12.4. The maximum Gasteiger partial charge on any atom is 0.233 e. The third kappa shape index (κ3) is 4.54. The standard InChI is InChI=1S/C18H24N4O2S/c1-12-8-13(2)10-22(9-12)16(23)11-25-18-19-17(20-21-18)14-4-6-15(24-3)7-5-14/h4-7,12-13H,8-11H2,1-3H3,(H,19,20,21)/t12-,13+. The Morgan fingerprint density at radius 1 is 1.28 bits per heavy atom. The van der Waals surface area contributed by atoms with Gasteiger partial charge in [0.2, 0.25) is 11.1 Å². The highest BCUT2D eigenvalue weighted by Gasteiger charge is 2.25. The zero-order valence-electron chi connectivity index (χ0n) is 14.9. The van der Waals surface area contributed by atoms with Crippen molar-refractivity contribution in [3.8, 4) is 17.1 Å². The van der Waals surface area contributed by atoms with Crippen LogP contribution >= 0.6 is 11.8 Å². The summed E-state index contributed by atoms with van der Waals surface area (Å²) in [6, 6.07) is 7.62. The van der Waals surface area contributed by atoms with E-state index in [4.69, 9.17) is 4.74 Å². The van der Waals surface area contributed by atoms with Gasteiger partial charge in [-0.25, -0.2) is 4.98 Å². The van der Waals surface area contributed by atoms with Crippen molar-refractivity contribution in [1.29, 1.82) is 0 Å². The Morgan fingerprint density at radius 3 is 2.60 bits per heavy atom. The fourth-order valence-electron chi connectivity index (χ4n) is 3.27. The second-order valence-corrected chi connectivity index (χ2v) is 7.67. The lowest BCUT2D eigenvalue weighted by Crippen LogP contribution is -2.43. The molecule has 1 aliphatic rings. The van der Waals surface area contributed by atoms with Gasteiger partial charge in [-0.05, 0) is 42.5 Å². The second-order valence-electron chi connectivity index (χ2n) is 6.73. The van der Waals surface area contributed by atoms with Crippen LogP contribution in [0.1, 0.15) is 20.3 Å². The van der Waals surface area contributed by atoms with Crippen molar-refractivity contribution in [2.24, 2.45) is 11.8 Å². The van der Waals surface area contributed by atoms with E-state index in [1.165, 1.54) is 18.2 Å². The van der Waals surface area contributed by atoms with Gasteiger partial charge in [0.25, 0.3) is 0 Å². The highest BCUT2D eigenvalue weighted by atomic mass is 32.2. The molecule has 1 fully saturated rings. The number of hydrogen-bond acceptors (Lipinski definition) is 5. The Labute approximate surface area is 152 Å². The molecule has 0 saturated carbocycles. The number of benzene rings is 1. The molecule has 0 radical (unpaired) electrons. The van der Waals surface area contributed by atoms with E-state index < -0.39 is 0 Å². The van der Waals surface area contributed by atoms with Crippen LogP contribution in [0.5, 0.6) is 5.75 Å². The van der Waals surface area contributed by atoms with Crippen LogP contribution in [0.15, 0.2) is 29.4 Å². The number of aromatic amines is 1. The number of aromatic nitrogens is 3. The van der Waals surface area contributed by atoms with Crippen LogP contribution in [-0.4, -0.2) is 51.9 Å². The highest BCUT2D eigenvalue weighted by molar-refractivity contribution is 7.99. The molecule has 6 nitrogen and oxygen atoms in total. The van der Waals surface area contributed by atoms with Gasteiger partial charge >= 0.3 is 0 Å². The summed E-state index contributed by atoms with van der Waals surface area (Å²) < 4.78 is 5.16. The molecule has 0 bridgehead atoms. The largest absolute Gasteiger partial charge is 0.497 e. The summed E-state index contributed by atoms with van der Waals surface area (Å²) in [7, 11) is 1.64. The number of piperidine rings is 1. The van der Waals surface area contributed by atoms with E-state index >= 15 is 0 Å². The number of amides is 1. The molecule has 2 atom stereocenters. The number of nitrogens with one attached hydrogen (secondary N) is 1.